The molecule has 0 aromatic heterocycles. The molecule has 0 radical (unpaired) electrons. The van der Waals surface area contributed by atoms with Crippen molar-refractivity contribution in [2.45, 2.75) is 25.1 Å². The first kappa shape index (κ1) is 14.4. The molecule has 1 aliphatic rings. The van der Waals surface area contributed by atoms with Crippen LogP contribution in [0.4, 0.5) is 5.69 Å². The molecule has 1 N–H and O–H groups in total. The lowest BCUT2D eigenvalue weighted by Crippen LogP contribution is -2.36. The average molecular weight is 280 g/mol. The molecular weight excluding hydrogens is 264 g/mol. The number of carbonyl (C=O) groups is 1. The summed E-state index contributed by atoms with van der Waals surface area (Å²) in [4.78, 5) is 23.9. The van der Waals surface area contributed by atoms with Crippen LogP contribution in [0.3, 0.4) is 0 Å². The van der Waals surface area contributed by atoms with Gasteiger partial charge in [0.1, 0.15) is 6.04 Å². The molecule has 0 aliphatic carbocycles. The third kappa shape index (κ3) is 2.94. The quantitative estimate of drug-likeness (QED) is 0.496. The van der Waals surface area contributed by atoms with Crippen LogP contribution in [0.5, 0.6) is 0 Å². The van der Waals surface area contributed by atoms with E-state index < -0.39 is 23.0 Å². The van der Waals surface area contributed by atoms with Gasteiger partial charge in [0, 0.05) is 31.1 Å². The number of benzene rings is 1. The fourth-order valence-electron chi connectivity index (χ4n) is 2.48. The van der Waals surface area contributed by atoms with Gasteiger partial charge in [0.25, 0.3) is 5.69 Å². The van der Waals surface area contributed by atoms with Gasteiger partial charge in [0.2, 0.25) is 0 Å². The first-order valence-electron chi connectivity index (χ1n) is 6.25. The summed E-state index contributed by atoms with van der Waals surface area (Å²) in [5.41, 5.74) is 0.526. The van der Waals surface area contributed by atoms with E-state index in [-0.39, 0.29) is 18.7 Å². The molecule has 1 aromatic rings. The summed E-state index contributed by atoms with van der Waals surface area (Å²) in [6.45, 7) is 0.528. The van der Waals surface area contributed by atoms with Crippen molar-refractivity contribution in [2.75, 3.05) is 13.7 Å². The van der Waals surface area contributed by atoms with E-state index >= 15 is 0 Å². The number of nitro groups is 1. The number of nitrogens with zero attached hydrogens (tertiary/aromatic N) is 2. The molecule has 1 saturated heterocycles. The zero-order valence-corrected chi connectivity index (χ0v) is 11.1. The predicted octanol–water partition coefficient (Wildman–Crippen LogP) is 0.703. The Kier molecular flexibility index (Phi) is 4.31. The maximum Gasteiger partial charge on any atom is 0.323 e. The molecule has 0 unspecified atom stereocenters. The van der Waals surface area contributed by atoms with Crippen molar-refractivity contribution in [3.8, 4) is 0 Å². The highest BCUT2D eigenvalue weighted by molar-refractivity contribution is 5.76. The van der Waals surface area contributed by atoms with Gasteiger partial charge in [0.05, 0.1) is 18.1 Å². The summed E-state index contributed by atoms with van der Waals surface area (Å²) < 4.78 is 4.70. The standard InChI is InChI=1S/C13H16N2O5/c1-20-13(17)12-6-10(16)8-14(12)7-9-4-2-3-5-11(9)15(18)19/h2-5,10,12,16H,6-8H2,1H3/t10-,12+/m1/s1. The van der Waals surface area contributed by atoms with Gasteiger partial charge in [-0.05, 0) is 0 Å². The van der Waals surface area contributed by atoms with Crippen LogP contribution in [-0.2, 0) is 16.1 Å². The molecule has 0 amide bonds. The van der Waals surface area contributed by atoms with Crippen LogP contribution < -0.4 is 0 Å². The summed E-state index contributed by atoms with van der Waals surface area (Å²) in [7, 11) is 1.29. The van der Waals surface area contributed by atoms with E-state index in [0.717, 1.165) is 0 Å². The highest BCUT2D eigenvalue weighted by Crippen LogP contribution is 2.25. The smallest absolute Gasteiger partial charge is 0.323 e. The Hall–Kier alpha value is -1.99. The monoisotopic (exact) mass is 280 g/mol. The zero-order chi connectivity index (χ0) is 14.7. The van der Waals surface area contributed by atoms with Crippen LogP contribution in [0.15, 0.2) is 24.3 Å². The Labute approximate surface area is 115 Å². The molecule has 1 aliphatic heterocycles. The molecule has 0 spiro atoms. The number of aliphatic hydroxyl groups is 1. The van der Waals surface area contributed by atoms with E-state index in [0.29, 0.717) is 12.1 Å². The number of carbonyl (C=O) groups excluding carboxylic acids is 1. The topological polar surface area (TPSA) is 92.9 Å². The Balaban J connectivity index is 2.20. The predicted molar refractivity (Wildman–Crippen MR) is 69.9 cm³/mol. The van der Waals surface area contributed by atoms with Gasteiger partial charge in [0.15, 0.2) is 0 Å². The number of ether oxygens (including phenoxy) is 1. The van der Waals surface area contributed by atoms with Crippen LogP contribution in [-0.4, -0.2) is 46.7 Å². The van der Waals surface area contributed by atoms with Gasteiger partial charge in [-0.1, -0.05) is 18.2 Å². The summed E-state index contributed by atoms with van der Waals surface area (Å²) in [6, 6.07) is 5.82. The van der Waals surface area contributed by atoms with Crippen molar-refractivity contribution in [3.05, 3.63) is 39.9 Å². The van der Waals surface area contributed by atoms with Crippen LogP contribution in [0.25, 0.3) is 0 Å². The van der Waals surface area contributed by atoms with Crippen LogP contribution >= 0.6 is 0 Å². The highest BCUT2D eigenvalue weighted by Gasteiger charge is 2.37. The number of hydrogen-bond acceptors (Lipinski definition) is 6. The van der Waals surface area contributed by atoms with E-state index in [1.807, 2.05) is 0 Å². The molecule has 1 heterocycles. The van der Waals surface area contributed by atoms with Crippen molar-refractivity contribution in [3.63, 3.8) is 0 Å². The van der Waals surface area contributed by atoms with E-state index in [1.165, 1.54) is 13.2 Å². The van der Waals surface area contributed by atoms with Gasteiger partial charge in [-0.2, -0.15) is 0 Å². The van der Waals surface area contributed by atoms with Gasteiger partial charge in [-0.15, -0.1) is 0 Å². The molecule has 7 nitrogen and oxygen atoms in total. The van der Waals surface area contributed by atoms with Crippen molar-refractivity contribution < 1.29 is 19.6 Å². The van der Waals surface area contributed by atoms with E-state index in [1.54, 1.807) is 23.1 Å². The van der Waals surface area contributed by atoms with Gasteiger partial charge >= 0.3 is 5.97 Å². The zero-order valence-electron chi connectivity index (χ0n) is 11.1. The number of aliphatic hydroxyl groups excluding tert-OH is 1. The normalized spacial score (nSPS) is 22.7. The van der Waals surface area contributed by atoms with E-state index in [4.69, 9.17) is 4.74 Å². The Morgan fingerprint density at radius 1 is 1.55 bits per heavy atom. The lowest BCUT2D eigenvalue weighted by Gasteiger charge is -2.21. The fourth-order valence-corrected chi connectivity index (χ4v) is 2.48. The number of likely N-dealkylation sites (tertiary alicyclic amines) is 1. The largest absolute Gasteiger partial charge is 0.468 e. The van der Waals surface area contributed by atoms with Gasteiger partial charge < -0.3 is 9.84 Å². The second kappa shape index (κ2) is 5.98. The molecule has 0 saturated carbocycles. The Morgan fingerprint density at radius 3 is 2.90 bits per heavy atom. The third-order valence-electron chi connectivity index (χ3n) is 3.42. The molecule has 7 heteroatoms. The molecule has 108 valence electrons. The van der Waals surface area contributed by atoms with Crippen molar-refractivity contribution in [1.29, 1.82) is 0 Å². The molecule has 0 bridgehead atoms. The minimum atomic E-state index is -0.623. The van der Waals surface area contributed by atoms with Crippen LogP contribution in [0.2, 0.25) is 0 Å². The minimum absolute atomic E-state index is 0.0116. The molecule has 1 aromatic carbocycles. The first-order chi connectivity index (χ1) is 9.52. The SMILES string of the molecule is COC(=O)[C@@H]1C[C@@H](O)CN1Cc1ccccc1[N+](=O)[O-]. The summed E-state index contributed by atoms with van der Waals surface area (Å²) >= 11 is 0. The second-order valence-corrected chi connectivity index (χ2v) is 4.74. The second-order valence-electron chi connectivity index (χ2n) is 4.74. The summed E-state index contributed by atoms with van der Waals surface area (Å²) in [5.74, 6) is -0.430. The lowest BCUT2D eigenvalue weighted by atomic mass is 10.1. The van der Waals surface area contributed by atoms with Crippen molar-refractivity contribution in [1.82, 2.24) is 4.90 Å². The maximum absolute atomic E-state index is 11.7. The Bertz CT molecular complexity index is 519. The molecule has 20 heavy (non-hydrogen) atoms. The van der Waals surface area contributed by atoms with Gasteiger partial charge in [-0.3, -0.25) is 19.8 Å². The number of β-amino-alcohol motifs (C(OH)–C–C–N with tert-alkyl or cyclic N) is 1. The van der Waals surface area contributed by atoms with Crippen LogP contribution in [0, 0.1) is 10.1 Å². The Morgan fingerprint density at radius 2 is 2.25 bits per heavy atom. The number of rotatable bonds is 4. The average Bonchev–Trinajstić information content (AvgIpc) is 2.79. The number of nitro benzene ring substituents is 1. The number of para-hydroxylation sites is 1. The minimum Gasteiger partial charge on any atom is -0.468 e. The maximum atomic E-state index is 11.7. The molecule has 2 rings (SSSR count). The number of methoxy groups -OCH3 is 1. The fraction of sp³-hybridized carbons (Fsp3) is 0.462. The number of esters is 1. The number of hydrogen-bond donors (Lipinski definition) is 1. The highest BCUT2D eigenvalue weighted by atomic mass is 16.6. The summed E-state index contributed by atoms with van der Waals surface area (Å²) in [5, 5.41) is 20.7. The first-order valence-corrected chi connectivity index (χ1v) is 6.25. The van der Waals surface area contributed by atoms with Gasteiger partial charge in [-0.25, -0.2) is 0 Å². The van der Waals surface area contributed by atoms with Crippen molar-refractivity contribution >= 4 is 11.7 Å². The van der Waals surface area contributed by atoms with E-state index in [9.17, 15) is 20.0 Å². The molecular formula is C13H16N2O5. The van der Waals surface area contributed by atoms with Crippen molar-refractivity contribution in [2.24, 2.45) is 0 Å². The van der Waals surface area contributed by atoms with Crippen LogP contribution in [0.1, 0.15) is 12.0 Å². The third-order valence-corrected chi connectivity index (χ3v) is 3.42. The summed E-state index contributed by atoms with van der Waals surface area (Å²) in [6.07, 6.45) is -0.338. The molecule has 2 atom stereocenters. The van der Waals surface area contributed by atoms with E-state index in [2.05, 4.69) is 0 Å². The lowest BCUT2D eigenvalue weighted by molar-refractivity contribution is -0.385. The molecule has 1 fully saturated rings.